The Kier molecular flexibility index (Phi) is 5.68. The molecule has 4 nitrogen and oxygen atoms in total. The minimum absolute atomic E-state index is 0.0262. The average molecular weight is 370 g/mol. The summed E-state index contributed by atoms with van der Waals surface area (Å²) < 4.78 is 19.9. The Hall–Kier alpha value is -2.56. The normalized spacial score (nSPS) is 15.6. The summed E-state index contributed by atoms with van der Waals surface area (Å²) in [5.41, 5.74) is 3.93. The summed E-state index contributed by atoms with van der Waals surface area (Å²) in [6.07, 6.45) is -0.551. The van der Waals surface area contributed by atoms with Crippen molar-refractivity contribution in [1.82, 2.24) is 4.90 Å². The van der Waals surface area contributed by atoms with Gasteiger partial charge in [0.25, 0.3) is 5.91 Å². The molecule has 0 spiro atoms. The molecule has 27 heavy (non-hydrogen) atoms. The molecule has 3 rings (SSSR count). The number of amides is 1. The predicted molar refractivity (Wildman–Crippen MR) is 106 cm³/mol. The highest BCUT2D eigenvalue weighted by atomic mass is 19.1. The third-order valence-electron chi connectivity index (χ3n) is 5.20. The van der Waals surface area contributed by atoms with E-state index in [4.69, 9.17) is 4.74 Å². The Morgan fingerprint density at radius 2 is 1.74 bits per heavy atom. The fraction of sp³-hybridized carbons (Fsp3) is 0.409. The van der Waals surface area contributed by atoms with Crippen molar-refractivity contribution in [2.75, 3.05) is 31.1 Å². The maximum absolute atomic E-state index is 14.0. The molecule has 0 aromatic heterocycles. The Labute approximate surface area is 160 Å². The standard InChI is InChI=1S/C22H27FN2O2/c1-15-13-16(2)17(3)21(14-15)27-18(4)22(26)25-11-9-24(10-12-25)20-8-6-5-7-19(20)23/h5-8,13-14,18H,9-12H2,1-4H3/t18-/m1/s1. The number of nitrogens with zero attached hydrogens (tertiary/aromatic N) is 2. The van der Waals surface area contributed by atoms with E-state index >= 15 is 0 Å². The Balaban J connectivity index is 1.61. The number of halogens is 1. The highest BCUT2D eigenvalue weighted by molar-refractivity contribution is 5.81. The minimum Gasteiger partial charge on any atom is -0.481 e. The molecule has 0 aliphatic carbocycles. The molecular formula is C22H27FN2O2. The van der Waals surface area contributed by atoms with E-state index in [0.717, 1.165) is 22.4 Å². The first kappa shape index (κ1) is 19.2. The second-order valence-corrected chi connectivity index (χ2v) is 7.23. The van der Waals surface area contributed by atoms with Crippen molar-refractivity contribution in [1.29, 1.82) is 0 Å². The van der Waals surface area contributed by atoms with Crippen LogP contribution in [0.5, 0.6) is 5.75 Å². The highest BCUT2D eigenvalue weighted by Gasteiger charge is 2.27. The predicted octanol–water partition coefficient (Wildman–Crippen LogP) is 3.87. The van der Waals surface area contributed by atoms with Gasteiger partial charge in [0.1, 0.15) is 11.6 Å². The maximum Gasteiger partial charge on any atom is 0.263 e. The molecule has 0 unspecified atom stereocenters. The molecular weight excluding hydrogens is 343 g/mol. The molecule has 1 aliphatic rings. The summed E-state index contributed by atoms with van der Waals surface area (Å²) in [4.78, 5) is 16.6. The molecule has 1 amide bonds. The van der Waals surface area contributed by atoms with Gasteiger partial charge in [-0.15, -0.1) is 0 Å². The maximum atomic E-state index is 14.0. The van der Waals surface area contributed by atoms with Crippen LogP contribution in [-0.4, -0.2) is 43.1 Å². The van der Waals surface area contributed by atoms with Crippen LogP contribution < -0.4 is 9.64 Å². The summed E-state index contributed by atoms with van der Waals surface area (Å²) in [6, 6.07) is 10.8. The van der Waals surface area contributed by atoms with Crippen molar-refractivity contribution < 1.29 is 13.9 Å². The number of benzene rings is 2. The van der Waals surface area contributed by atoms with E-state index in [1.807, 2.05) is 37.8 Å². The van der Waals surface area contributed by atoms with Crippen LogP contribution in [0, 0.1) is 26.6 Å². The topological polar surface area (TPSA) is 32.8 Å². The molecule has 1 aliphatic heterocycles. The van der Waals surface area contributed by atoms with E-state index in [9.17, 15) is 9.18 Å². The molecule has 0 N–H and O–H groups in total. The van der Waals surface area contributed by atoms with Gasteiger partial charge < -0.3 is 14.5 Å². The number of carbonyl (C=O) groups is 1. The van der Waals surface area contributed by atoms with E-state index in [0.29, 0.717) is 31.9 Å². The lowest BCUT2D eigenvalue weighted by Gasteiger charge is -2.37. The van der Waals surface area contributed by atoms with Gasteiger partial charge in [0.2, 0.25) is 0 Å². The van der Waals surface area contributed by atoms with Crippen molar-refractivity contribution in [2.24, 2.45) is 0 Å². The molecule has 1 atom stereocenters. The third kappa shape index (κ3) is 4.24. The largest absolute Gasteiger partial charge is 0.481 e. The zero-order valence-corrected chi connectivity index (χ0v) is 16.5. The van der Waals surface area contributed by atoms with Gasteiger partial charge in [-0.3, -0.25) is 4.79 Å². The second-order valence-electron chi connectivity index (χ2n) is 7.23. The molecule has 1 fully saturated rings. The Morgan fingerprint density at radius 1 is 1.07 bits per heavy atom. The van der Waals surface area contributed by atoms with Crippen LogP contribution in [0.3, 0.4) is 0 Å². The number of hydrogen-bond acceptors (Lipinski definition) is 3. The summed E-state index contributed by atoms with van der Waals surface area (Å²) >= 11 is 0. The number of aryl methyl sites for hydroxylation is 2. The van der Waals surface area contributed by atoms with Gasteiger partial charge in [0.15, 0.2) is 6.10 Å². The number of carbonyl (C=O) groups excluding carboxylic acids is 1. The van der Waals surface area contributed by atoms with Crippen molar-refractivity contribution in [3.05, 3.63) is 58.9 Å². The second kappa shape index (κ2) is 7.99. The number of piperazine rings is 1. The van der Waals surface area contributed by atoms with Gasteiger partial charge in [0, 0.05) is 26.2 Å². The van der Waals surface area contributed by atoms with Crippen molar-refractivity contribution in [3.63, 3.8) is 0 Å². The zero-order chi connectivity index (χ0) is 19.6. The minimum atomic E-state index is -0.551. The summed E-state index contributed by atoms with van der Waals surface area (Å²) in [5, 5.41) is 0. The van der Waals surface area contributed by atoms with Crippen molar-refractivity contribution in [3.8, 4) is 5.75 Å². The number of anilines is 1. The molecule has 1 saturated heterocycles. The molecule has 2 aromatic rings. The molecule has 5 heteroatoms. The fourth-order valence-electron chi connectivity index (χ4n) is 3.50. The van der Waals surface area contributed by atoms with Crippen LogP contribution >= 0.6 is 0 Å². The lowest BCUT2D eigenvalue weighted by atomic mass is 10.1. The van der Waals surface area contributed by atoms with E-state index < -0.39 is 6.10 Å². The van der Waals surface area contributed by atoms with E-state index in [1.165, 1.54) is 6.07 Å². The molecule has 2 aromatic carbocycles. The van der Waals surface area contributed by atoms with Gasteiger partial charge >= 0.3 is 0 Å². The first-order valence-electron chi connectivity index (χ1n) is 9.39. The van der Waals surface area contributed by atoms with Crippen LogP contribution in [0.2, 0.25) is 0 Å². The smallest absolute Gasteiger partial charge is 0.263 e. The highest BCUT2D eigenvalue weighted by Crippen LogP contribution is 2.25. The lowest BCUT2D eigenvalue weighted by molar-refractivity contribution is -0.138. The van der Waals surface area contributed by atoms with Crippen LogP contribution in [0.15, 0.2) is 36.4 Å². The molecule has 0 bridgehead atoms. The summed E-state index contributed by atoms with van der Waals surface area (Å²) in [6.45, 7) is 10.2. The first-order chi connectivity index (χ1) is 12.9. The number of ether oxygens (including phenoxy) is 1. The van der Waals surface area contributed by atoms with Gasteiger partial charge in [-0.05, 0) is 62.6 Å². The van der Waals surface area contributed by atoms with Gasteiger partial charge in [-0.2, -0.15) is 0 Å². The lowest BCUT2D eigenvalue weighted by Crippen LogP contribution is -2.52. The Morgan fingerprint density at radius 3 is 2.41 bits per heavy atom. The quantitative estimate of drug-likeness (QED) is 0.819. The van der Waals surface area contributed by atoms with Crippen LogP contribution in [0.1, 0.15) is 23.6 Å². The van der Waals surface area contributed by atoms with E-state index in [-0.39, 0.29) is 11.7 Å². The van der Waals surface area contributed by atoms with Gasteiger partial charge in [-0.1, -0.05) is 18.2 Å². The summed E-state index contributed by atoms with van der Waals surface area (Å²) in [7, 11) is 0. The SMILES string of the molecule is Cc1cc(C)c(C)c(O[C@H](C)C(=O)N2CCN(c3ccccc3F)CC2)c1. The Bertz CT molecular complexity index is 829. The van der Waals surface area contributed by atoms with Gasteiger partial charge in [-0.25, -0.2) is 4.39 Å². The van der Waals surface area contributed by atoms with E-state index in [1.54, 1.807) is 24.0 Å². The number of para-hydroxylation sites is 1. The van der Waals surface area contributed by atoms with E-state index in [2.05, 4.69) is 6.07 Å². The molecule has 1 heterocycles. The first-order valence-corrected chi connectivity index (χ1v) is 9.39. The average Bonchev–Trinajstić information content (AvgIpc) is 2.65. The number of rotatable bonds is 4. The van der Waals surface area contributed by atoms with Crippen LogP contribution in [0.4, 0.5) is 10.1 Å². The zero-order valence-electron chi connectivity index (χ0n) is 16.5. The van der Waals surface area contributed by atoms with Crippen LogP contribution in [-0.2, 0) is 4.79 Å². The third-order valence-corrected chi connectivity index (χ3v) is 5.20. The molecule has 0 radical (unpaired) electrons. The fourth-order valence-corrected chi connectivity index (χ4v) is 3.50. The number of hydrogen-bond donors (Lipinski definition) is 0. The van der Waals surface area contributed by atoms with Crippen molar-refractivity contribution >= 4 is 11.6 Å². The summed E-state index contributed by atoms with van der Waals surface area (Å²) in [5.74, 6) is 0.513. The molecule has 0 saturated carbocycles. The van der Waals surface area contributed by atoms with Crippen molar-refractivity contribution in [2.45, 2.75) is 33.8 Å². The molecule has 144 valence electrons. The van der Waals surface area contributed by atoms with Crippen LogP contribution in [0.25, 0.3) is 0 Å². The van der Waals surface area contributed by atoms with Gasteiger partial charge in [0.05, 0.1) is 5.69 Å². The monoisotopic (exact) mass is 370 g/mol.